The molecule has 4 aliphatic rings. The maximum absolute atomic E-state index is 5.81. The summed E-state index contributed by atoms with van der Waals surface area (Å²) in [6.45, 7) is 3.28. The Kier molecular flexibility index (Phi) is 5.24. The monoisotopic (exact) mass is 443 g/mol. The van der Waals surface area contributed by atoms with Crippen LogP contribution in [0.3, 0.4) is 0 Å². The molecule has 2 aliphatic carbocycles. The lowest BCUT2D eigenvalue weighted by Gasteiger charge is -2.25. The molecule has 33 heavy (non-hydrogen) atoms. The van der Waals surface area contributed by atoms with E-state index in [1.165, 1.54) is 42.5 Å². The van der Waals surface area contributed by atoms with Crippen molar-refractivity contribution in [3.63, 3.8) is 0 Å². The van der Waals surface area contributed by atoms with E-state index < -0.39 is 0 Å². The molecular formula is C27H33N5O. The second-order valence-electron chi connectivity index (χ2n) is 9.98. The molecule has 2 aromatic rings. The van der Waals surface area contributed by atoms with Gasteiger partial charge in [0.15, 0.2) is 0 Å². The molecule has 2 aliphatic heterocycles. The van der Waals surface area contributed by atoms with E-state index in [0.717, 1.165) is 49.6 Å². The Morgan fingerprint density at radius 1 is 1.03 bits per heavy atom. The standard InChI is InChI=1S/C27H33N5O/c1-31-14-20-16-32(17-21(20)15-31)23-10-8-22(9-11-23)29-27-28-13-19-7-12-24(33-2)25(26(19)30-27)18-5-3-4-6-18/h8-11,13-14,18,21H,3-7,12,15-17H2,1-2H3,(H,28,29,30). The third-order valence-corrected chi connectivity index (χ3v) is 7.77. The van der Waals surface area contributed by atoms with Crippen molar-refractivity contribution in [1.82, 2.24) is 14.9 Å². The second-order valence-corrected chi connectivity index (χ2v) is 9.98. The Labute approximate surface area is 196 Å². The van der Waals surface area contributed by atoms with Gasteiger partial charge in [-0.05, 0) is 60.6 Å². The number of nitrogens with zero attached hydrogens (tertiary/aromatic N) is 4. The van der Waals surface area contributed by atoms with E-state index in [-0.39, 0.29) is 0 Å². The molecule has 6 rings (SSSR count). The van der Waals surface area contributed by atoms with Gasteiger partial charge in [0, 0.05) is 68.4 Å². The van der Waals surface area contributed by atoms with Gasteiger partial charge in [0.05, 0.1) is 12.8 Å². The maximum atomic E-state index is 5.81. The van der Waals surface area contributed by atoms with Crippen LogP contribution in [0.25, 0.3) is 5.57 Å². The quantitative estimate of drug-likeness (QED) is 0.703. The molecule has 172 valence electrons. The number of rotatable bonds is 5. The minimum absolute atomic E-state index is 0.566. The first-order valence-electron chi connectivity index (χ1n) is 12.3. The first kappa shape index (κ1) is 20.6. The summed E-state index contributed by atoms with van der Waals surface area (Å²) in [5, 5.41) is 3.44. The molecule has 1 saturated heterocycles. The topological polar surface area (TPSA) is 53.5 Å². The third kappa shape index (κ3) is 3.85. The Bertz CT molecular complexity index is 1100. The highest BCUT2D eigenvalue weighted by Gasteiger charge is 2.32. The highest BCUT2D eigenvalue weighted by atomic mass is 16.5. The first-order valence-corrected chi connectivity index (χ1v) is 12.3. The summed E-state index contributed by atoms with van der Waals surface area (Å²) < 4.78 is 5.81. The van der Waals surface area contributed by atoms with E-state index in [4.69, 9.17) is 9.72 Å². The van der Waals surface area contributed by atoms with Crippen LogP contribution >= 0.6 is 0 Å². The Morgan fingerprint density at radius 2 is 1.85 bits per heavy atom. The minimum atomic E-state index is 0.566. The summed E-state index contributed by atoms with van der Waals surface area (Å²) in [6, 6.07) is 8.69. The molecule has 0 bridgehead atoms. The highest BCUT2D eigenvalue weighted by molar-refractivity contribution is 5.72. The van der Waals surface area contributed by atoms with Crippen molar-refractivity contribution < 1.29 is 4.74 Å². The summed E-state index contributed by atoms with van der Waals surface area (Å²) >= 11 is 0. The fourth-order valence-electron chi connectivity index (χ4n) is 6.13. The molecule has 1 atom stereocenters. The second kappa shape index (κ2) is 8.40. The molecular weight excluding hydrogens is 410 g/mol. The summed E-state index contributed by atoms with van der Waals surface area (Å²) in [4.78, 5) is 14.4. The number of allylic oxidation sites excluding steroid dienone is 2. The first-order chi connectivity index (χ1) is 16.2. The summed E-state index contributed by atoms with van der Waals surface area (Å²) in [7, 11) is 3.97. The Hall–Kier alpha value is -3.02. The number of aromatic nitrogens is 2. The van der Waals surface area contributed by atoms with Gasteiger partial charge in [-0.15, -0.1) is 0 Å². The van der Waals surface area contributed by atoms with Crippen molar-refractivity contribution in [3.05, 3.63) is 59.3 Å². The number of methoxy groups -OCH3 is 1. The van der Waals surface area contributed by atoms with Crippen molar-refractivity contribution in [2.24, 2.45) is 11.8 Å². The molecule has 1 aromatic carbocycles. The summed E-state index contributed by atoms with van der Waals surface area (Å²) in [6.07, 6.45) is 11.3. The number of fused-ring (bicyclic) bond motifs is 2. The van der Waals surface area contributed by atoms with Gasteiger partial charge < -0.3 is 19.9 Å². The largest absolute Gasteiger partial charge is 0.501 e. The van der Waals surface area contributed by atoms with E-state index in [0.29, 0.717) is 17.8 Å². The molecule has 0 amide bonds. The normalized spacial score (nSPS) is 22.5. The van der Waals surface area contributed by atoms with Crippen LogP contribution < -0.4 is 10.2 Å². The van der Waals surface area contributed by atoms with E-state index in [1.807, 2.05) is 6.20 Å². The molecule has 2 fully saturated rings. The molecule has 1 N–H and O–H groups in total. The van der Waals surface area contributed by atoms with Gasteiger partial charge in [0.25, 0.3) is 0 Å². The predicted octanol–water partition coefficient (Wildman–Crippen LogP) is 4.98. The number of ether oxygens (including phenoxy) is 1. The zero-order valence-corrected chi connectivity index (χ0v) is 19.7. The van der Waals surface area contributed by atoms with Gasteiger partial charge >= 0.3 is 0 Å². The molecule has 6 heteroatoms. The number of nitrogens with one attached hydrogen (secondary N) is 1. The van der Waals surface area contributed by atoms with Crippen LogP contribution in [0, 0.1) is 11.8 Å². The van der Waals surface area contributed by atoms with Crippen molar-refractivity contribution in [2.45, 2.75) is 38.5 Å². The minimum Gasteiger partial charge on any atom is -0.501 e. The van der Waals surface area contributed by atoms with Gasteiger partial charge in [-0.3, -0.25) is 0 Å². The Morgan fingerprint density at radius 3 is 2.61 bits per heavy atom. The van der Waals surface area contributed by atoms with Crippen LogP contribution in [0.15, 0.2) is 48.0 Å². The molecule has 1 saturated carbocycles. The number of benzene rings is 1. The highest BCUT2D eigenvalue weighted by Crippen LogP contribution is 2.43. The van der Waals surface area contributed by atoms with Crippen LogP contribution in [0.1, 0.15) is 43.4 Å². The molecule has 0 radical (unpaired) electrons. The van der Waals surface area contributed by atoms with Crippen molar-refractivity contribution in [2.75, 3.05) is 44.0 Å². The SMILES string of the molecule is COC1=C(C2CCCC2)c2nc(Nc3ccc(N4CC5=CN(C)CC5C4)cc3)ncc2CC1. The predicted molar refractivity (Wildman–Crippen MR) is 132 cm³/mol. The average molecular weight is 444 g/mol. The molecule has 0 spiro atoms. The molecule has 6 nitrogen and oxygen atoms in total. The van der Waals surface area contributed by atoms with E-state index in [1.54, 1.807) is 12.7 Å². The lowest BCUT2D eigenvalue weighted by atomic mass is 9.85. The zero-order chi connectivity index (χ0) is 22.4. The van der Waals surface area contributed by atoms with Crippen molar-refractivity contribution in [3.8, 4) is 0 Å². The summed E-state index contributed by atoms with van der Waals surface area (Å²) in [5.74, 6) is 3.03. The van der Waals surface area contributed by atoms with Crippen LogP contribution in [0.4, 0.5) is 17.3 Å². The average Bonchev–Trinajstić information content (AvgIpc) is 3.56. The fourth-order valence-corrected chi connectivity index (χ4v) is 6.13. The van der Waals surface area contributed by atoms with Gasteiger partial charge in [0.2, 0.25) is 5.95 Å². The lowest BCUT2D eigenvalue weighted by molar-refractivity contribution is 0.274. The fraction of sp³-hybridized carbons (Fsp3) is 0.481. The molecule has 1 unspecified atom stereocenters. The van der Waals surface area contributed by atoms with E-state index in [2.05, 4.69) is 57.6 Å². The number of hydrogen-bond acceptors (Lipinski definition) is 6. The van der Waals surface area contributed by atoms with Crippen LogP contribution in [0.5, 0.6) is 0 Å². The molecule has 1 aromatic heterocycles. The van der Waals surface area contributed by atoms with E-state index in [9.17, 15) is 0 Å². The van der Waals surface area contributed by atoms with Crippen LogP contribution in [-0.2, 0) is 11.2 Å². The number of aryl methyl sites for hydroxylation is 1. The van der Waals surface area contributed by atoms with Crippen LogP contribution in [0.2, 0.25) is 0 Å². The van der Waals surface area contributed by atoms with Gasteiger partial charge in [-0.2, -0.15) is 0 Å². The van der Waals surface area contributed by atoms with Gasteiger partial charge in [0.1, 0.15) is 5.76 Å². The van der Waals surface area contributed by atoms with Crippen molar-refractivity contribution >= 4 is 22.9 Å². The van der Waals surface area contributed by atoms with Crippen molar-refractivity contribution in [1.29, 1.82) is 0 Å². The van der Waals surface area contributed by atoms with Crippen LogP contribution in [-0.4, -0.2) is 48.7 Å². The zero-order valence-electron chi connectivity index (χ0n) is 19.7. The Balaban J connectivity index is 1.20. The molecule has 3 heterocycles. The summed E-state index contributed by atoms with van der Waals surface area (Å²) in [5.41, 5.74) is 7.53. The maximum Gasteiger partial charge on any atom is 0.227 e. The lowest BCUT2D eigenvalue weighted by Crippen LogP contribution is -2.23. The van der Waals surface area contributed by atoms with Gasteiger partial charge in [-0.25, -0.2) is 9.97 Å². The number of hydrogen-bond donors (Lipinski definition) is 1. The van der Waals surface area contributed by atoms with Gasteiger partial charge in [-0.1, -0.05) is 12.8 Å². The van der Waals surface area contributed by atoms with E-state index >= 15 is 0 Å². The smallest absolute Gasteiger partial charge is 0.227 e. The number of anilines is 3. The third-order valence-electron chi connectivity index (χ3n) is 7.77.